The lowest BCUT2D eigenvalue weighted by Gasteiger charge is -2.46. The quantitative estimate of drug-likeness (QED) is 0.602. The number of nitrogens with two attached hydrogens (primary N) is 1. The van der Waals surface area contributed by atoms with Gasteiger partial charge in [0, 0.05) is 13.7 Å². The SMILES string of the molecule is COC(C(C)C)C(NN)C1CCOC2(CCSCC2)C1. The minimum Gasteiger partial charge on any atom is -0.380 e. The molecule has 1 spiro atoms. The summed E-state index contributed by atoms with van der Waals surface area (Å²) in [5.41, 5.74) is 3.15. The van der Waals surface area contributed by atoms with Gasteiger partial charge in [0.25, 0.3) is 0 Å². The zero-order valence-electron chi connectivity index (χ0n) is 13.1. The van der Waals surface area contributed by atoms with E-state index in [1.807, 2.05) is 11.8 Å². The second-order valence-corrected chi connectivity index (χ2v) is 7.76. The van der Waals surface area contributed by atoms with Crippen molar-refractivity contribution in [1.82, 2.24) is 5.43 Å². The highest BCUT2D eigenvalue weighted by Crippen LogP contribution is 2.41. The number of hydrazine groups is 1. The van der Waals surface area contributed by atoms with Gasteiger partial charge in [0.2, 0.25) is 0 Å². The van der Waals surface area contributed by atoms with E-state index in [1.54, 1.807) is 7.11 Å². The molecule has 2 heterocycles. The number of rotatable bonds is 5. The van der Waals surface area contributed by atoms with Gasteiger partial charge < -0.3 is 9.47 Å². The van der Waals surface area contributed by atoms with Gasteiger partial charge >= 0.3 is 0 Å². The van der Waals surface area contributed by atoms with Crippen molar-refractivity contribution in [1.29, 1.82) is 0 Å². The Labute approximate surface area is 127 Å². The molecule has 0 saturated carbocycles. The molecule has 0 radical (unpaired) electrons. The Kier molecular flexibility index (Phi) is 6.17. The maximum atomic E-state index is 6.18. The third-order valence-corrected chi connectivity index (χ3v) is 5.90. The van der Waals surface area contributed by atoms with Crippen molar-refractivity contribution in [2.75, 3.05) is 25.2 Å². The molecule has 2 fully saturated rings. The van der Waals surface area contributed by atoms with E-state index in [9.17, 15) is 0 Å². The van der Waals surface area contributed by atoms with Crippen molar-refractivity contribution in [2.45, 2.75) is 57.3 Å². The Hall–Kier alpha value is 0.190. The molecule has 2 saturated heterocycles. The second kappa shape index (κ2) is 7.45. The Morgan fingerprint density at radius 2 is 2.05 bits per heavy atom. The molecule has 0 aromatic heterocycles. The molecular formula is C15H30N2O2S. The van der Waals surface area contributed by atoms with E-state index in [0.717, 1.165) is 19.4 Å². The fourth-order valence-corrected chi connectivity index (χ4v) is 5.03. The topological polar surface area (TPSA) is 56.5 Å². The van der Waals surface area contributed by atoms with Gasteiger partial charge in [-0.15, -0.1) is 0 Å². The van der Waals surface area contributed by atoms with E-state index >= 15 is 0 Å². The van der Waals surface area contributed by atoms with Gasteiger partial charge in [-0.1, -0.05) is 13.8 Å². The second-order valence-electron chi connectivity index (χ2n) is 6.53. The molecule has 2 aliphatic heterocycles. The van der Waals surface area contributed by atoms with Crippen LogP contribution in [-0.2, 0) is 9.47 Å². The molecular weight excluding hydrogens is 272 g/mol. The molecule has 4 nitrogen and oxygen atoms in total. The van der Waals surface area contributed by atoms with Crippen molar-refractivity contribution in [3.63, 3.8) is 0 Å². The largest absolute Gasteiger partial charge is 0.380 e. The third kappa shape index (κ3) is 3.69. The molecule has 3 atom stereocenters. The van der Waals surface area contributed by atoms with Crippen LogP contribution in [0.4, 0.5) is 0 Å². The normalized spacial score (nSPS) is 29.6. The van der Waals surface area contributed by atoms with Gasteiger partial charge in [-0.05, 0) is 49.0 Å². The third-order valence-electron chi connectivity index (χ3n) is 4.92. The fraction of sp³-hybridized carbons (Fsp3) is 1.00. The Bertz CT molecular complexity index is 290. The lowest BCUT2D eigenvalue weighted by molar-refractivity contribution is -0.117. The number of hydrogen-bond acceptors (Lipinski definition) is 5. The van der Waals surface area contributed by atoms with Gasteiger partial charge in [-0.3, -0.25) is 11.3 Å². The number of nitrogens with one attached hydrogen (secondary N) is 1. The highest BCUT2D eigenvalue weighted by Gasteiger charge is 2.43. The van der Waals surface area contributed by atoms with E-state index in [0.29, 0.717) is 11.8 Å². The predicted molar refractivity (Wildman–Crippen MR) is 84.7 cm³/mol. The number of hydrogen-bond donors (Lipinski definition) is 2. The van der Waals surface area contributed by atoms with E-state index in [1.165, 1.54) is 24.3 Å². The van der Waals surface area contributed by atoms with Gasteiger partial charge in [-0.25, -0.2) is 0 Å². The Morgan fingerprint density at radius 1 is 1.35 bits per heavy atom. The molecule has 118 valence electrons. The molecule has 0 aliphatic carbocycles. The van der Waals surface area contributed by atoms with Gasteiger partial charge in [0.15, 0.2) is 0 Å². The highest BCUT2D eigenvalue weighted by molar-refractivity contribution is 7.99. The van der Waals surface area contributed by atoms with Crippen LogP contribution in [0.1, 0.15) is 39.5 Å². The monoisotopic (exact) mass is 302 g/mol. The summed E-state index contributed by atoms with van der Waals surface area (Å²) in [6, 6.07) is 0.218. The summed E-state index contributed by atoms with van der Waals surface area (Å²) < 4.78 is 11.9. The van der Waals surface area contributed by atoms with Crippen molar-refractivity contribution in [3.05, 3.63) is 0 Å². The molecule has 0 aromatic rings. The standard InChI is InChI=1S/C15H30N2O2S/c1-11(2)14(18-3)13(17-16)12-4-7-19-15(10-12)5-8-20-9-6-15/h11-14,17H,4-10,16H2,1-3H3. The lowest BCUT2D eigenvalue weighted by atomic mass is 9.76. The van der Waals surface area contributed by atoms with Crippen LogP contribution in [0.15, 0.2) is 0 Å². The van der Waals surface area contributed by atoms with Crippen LogP contribution in [0.3, 0.4) is 0 Å². The molecule has 0 amide bonds. The van der Waals surface area contributed by atoms with Crippen molar-refractivity contribution in [3.8, 4) is 0 Å². The first-order chi connectivity index (χ1) is 9.62. The van der Waals surface area contributed by atoms with Crippen LogP contribution in [-0.4, -0.2) is 43.0 Å². The van der Waals surface area contributed by atoms with Crippen LogP contribution >= 0.6 is 11.8 Å². The van der Waals surface area contributed by atoms with E-state index in [-0.39, 0.29) is 17.7 Å². The minimum absolute atomic E-state index is 0.110. The maximum Gasteiger partial charge on any atom is 0.0763 e. The molecule has 5 heteroatoms. The minimum atomic E-state index is 0.110. The van der Waals surface area contributed by atoms with Crippen molar-refractivity contribution < 1.29 is 9.47 Å². The summed E-state index contributed by atoms with van der Waals surface area (Å²) in [6.07, 6.45) is 4.74. The number of methoxy groups -OCH3 is 1. The molecule has 3 unspecified atom stereocenters. The van der Waals surface area contributed by atoms with E-state index < -0.39 is 0 Å². The Morgan fingerprint density at radius 3 is 2.60 bits per heavy atom. The van der Waals surface area contributed by atoms with Crippen LogP contribution in [0.5, 0.6) is 0 Å². The summed E-state index contributed by atoms with van der Waals surface area (Å²) in [5, 5.41) is 0. The molecule has 2 rings (SSSR count). The van der Waals surface area contributed by atoms with Crippen molar-refractivity contribution in [2.24, 2.45) is 17.7 Å². The molecule has 2 aliphatic rings. The fourth-order valence-electron chi connectivity index (χ4n) is 3.80. The molecule has 20 heavy (non-hydrogen) atoms. The van der Waals surface area contributed by atoms with E-state index in [2.05, 4.69) is 19.3 Å². The Balaban J connectivity index is 2.05. The van der Waals surface area contributed by atoms with Gasteiger partial charge in [0.1, 0.15) is 0 Å². The average Bonchev–Trinajstić information content (AvgIpc) is 2.45. The predicted octanol–water partition coefficient (Wildman–Crippen LogP) is 2.18. The van der Waals surface area contributed by atoms with Crippen LogP contribution < -0.4 is 11.3 Å². The van der Waals surface area contributed by atoms with Gasteiger partial charge in [-0.2, -0.15) is 11.8 Å². The smallest absolute Gasteiger partial charge is 0.0763 e. The van der Waals surface area contributed by atoms with Crippen LogP contribution in [0.2, 0.25) is 0 Å². The molecule has 0 aromatic carbocycles. The van der Waals surface area contributed by atoms with Crippen LogP contribution in [0, 0.1) is 11.8 Å². The molecule has 0 bridgehead atoms. The molecule has 3 N–H and O–H groups in total. The zero-order chi connectivity index (χ0) is 14.6. The highest BCUT2D eigenvalue weighted by atomic mass is 32.2. The maximum absolute atomic E-state index is 6.18. The summed E-state index contributed by atoms with van der Waals surface area (Å²) in [4.78, 5) is 0. The zero-order valence-corrected chi connectivity index (χ0v) is 13.9. The summed E-state index contributed by atoms with van der Waals surface area (Å²) in [5.74, 6) is 9.32. The van der Waals surface area contributed by atoms with Crippen LogP contribution in [0.25, 0.3) is 0 Å². The lowest BCUT2D eigenvalue weighted by Crippen LogP contribution is -2.55. The first kappa shape index (κ1) is 16.6. The van der Waals surface area contributed by atoms with Gasteiger partial charge in [0.05, 0.1) is 17.7 Å². The number of thioether (sulfide) groups is 1. The van der Waals surface area contributed by atoms with E-state index in [4.69, 9.17) is 15.3 Å². The summed E-state index contributed by atoms with van der Waals surface area (Å²) in [6.45, 7) is 5.26. The average molecular weight is 302 g/mol. The van der Waals surface area contributed by atoms with Crippen molar-refractivity contribution >= 4 is 11.8 Å². The first-order valence-corrected chi connectivity index (χ1v) is 8.98. The summed E-state index contributed by atoms with van der Waals surface area (Å²) in [7, 11) is 1.79. The summed E-state index contributed by atoms with van der Waals surface area (Å²) >= 11 is 2.05. The first-order valence-electron chi connectivity index (χ1n) is 7.82. The number of ether oxygens (including phenoxy) is 2.